The van der Waals surface area contributed by atoms with Crippen LogP contribution in [0.3, 0.4) is 0 Å². The molecule has 0 saturated carbocycles. The van der Waals surface area contributed by atoms with Crippen molar-refractivity contribution in [3.63, 3.8) is 0 Å². The highest BCUT2D eigenvalue weighted by atomic mass is 19.1. The Morgan fingerprint density at radius 3 is 2.41 bits per heavy atom. The molecule has 4 amide bonds. The lowest BCUT2D eigenvalue weighted by Gasteiger charge is -2.28. The van der Waals surface area contributed by atoms with Crippen molar-refractivity contribution in [3.8, 4) is 11.5 Å². The van der Waals surface area contributed by atoms with Crippen LogP contribution in [0.5, 0.6) is 11.5 Å². The normalized spacial score (nSPS) is 19.7. The molecule has 0 radical (unpaired) electrons. The molecule has 3 N–H and O–H groups in total. The van der Waals surface area contributed by atoms with E-state index >= 15 is 0 Å². The molecule has 4 aromatic carbocycles. The van der Waals surface area contributed by atoms with E-state index in [1.54, 1.807) is 47.4 Å². The van der Waals surface area contributed by atoms with Crippen LogP contribution in [0, 0.1) is 5.82 Å². The number of nitrogens with one attached hydrogen (secondary N) is 3. The van der Waals surface area contributed by atoms with Crippen LogP contribution in [0.1, 0.15) is 54.0 Å². The second kappa shape index (κ2) is 15.6. The summed E-state index contributed by atoms with van der Waals surface area (Å²) in [6.07, 6.45) is 1.89. The molecular weight excluding hydrogens is 623 g/mol. The SMILES string of the molecule is O=C1CCc2cccc(c2)Oc2ccc(cc2)C[C@@H](C(=O)NCc2ccccc2F)NC(=O)[C@H](CC(=O)N2CCC[C@@H]2c2ccccc2)N1. The van der Waals surface area contributed by atoms with Crippen molar-refractivity contribution in [2.75, 3.05) is 6.54 Å². The first-order chi connectivity index (χ1) is 23.8. The Balaban J connectivity index is 1.27. The van der Waals surface area contributed by atoms with E-state index in [4.69, 9.17) is 4.74 Å². The summed E-state index contributed by atoms with van der Waals surface area (Å²) in [5.41, 5.74) is 2.92. The lowest BCUT2D eigenvalue weighted by molar-refractivity contribution is -0.137. The number of hydrogen-bond acceptors (Lipinski definition) is 5. The number of ether oxygens (including phenoxy) is 1. The molecule has 1 saturated heterocycles. The third kappa shape index (κ3) is 8.70. The van der Waals surface area contributed by atoms with Crippen molar-refractivity contribution in [3.05, 3.63) is 131 Å². The van der Waals surface area contributed by atoms with Crippen LogP contribution < -0.4 is 20.7 Å². The minimum absolute atomic E-state index is 0.0681. The number of amides is 4. The van der Waals surface area contributed by atoms with E-state index in [1.807, 2.05) is 54.6 Å². The van der Waals surface area contributed by atoms with Crippen molar-refractivity contribution >= 4 is 23.6 Å². The minimum Gasteiger partial charge on any atom is -0.457 e. The molecule has 0 aliphatic carbocycles. The van der Waals surface area contributed by atoms with Crippen LogP contribution in [0.2, 0.25) is 0 Å². The molecule has 49 heavy (non-hydrogen) atoms. The Morgan fingerprint density at radius 2 is 1.61 bits per heavy atom. The summed E-state index contributed by atoms with van der Waals surface area (Å²) in [6, 6.07) is 28.0. The summed E-state index contributed by atoms with van der Waals surface area (Å²) < 4.78 is 20.4. The molecule has 4 aromatic rings. The average molecular weight is 663 g/mol. The topological polar surface area (TPSA) is 117 Å². The van der Waals surface area contributed by atoms with Gasteiger partial charge in [-0.15, -0.1) is 0 Å². The van der Waals surface area contributed by atoms with Crippen LogP contribution in [-0.2, 0) is 38.6 Å². The molecule has 0 unspecified atom stereocenters. The first-order valence-corrected chi connectivity index (χ1v) is 16.6. The fraction of sp³-hybridized carbons (Fsp3) is 0.282. The smallest absolute Gasteiger partial charge is 0.243 e. The first kappa shape index (κ1) is 33.4. The fourth-order valence-corrected chi connectivity index (χ4v) is 6.37. The first-order valence-electron chi connectivity index (χ1n) is 16.6. The molecule has 9 nitrogen and oxygen atoms in total. The third-order valence-electron chi connectivity index (χ3n) is 8.97. The van der Waals surface area contributed by atoms with Gasteiger partial charge in [0.1, 0.15) is 29.4 Å². The number of halogens is 1. The Bertz CT molecular complexity index is 1800. The summed E-state index contributed by atoms with van der Waals surface area (Å²) in [6.45, 7) is 0.452. The summed E-state index contributed by atoms with van der Waals surface area (Å²) in [5.74, 6) is -1.13. The zero-order chi connectivity index (χ0) is 34.2. The number of likely N-dealkylation sites (tertiary alicyclic amines) is 1. The number of nitrogens with zero attached hydrogens (tertiary/aromatic N) is 1. The van der Waals surface area contributed by atoms with Gasteiger partial charge in [0.25, 0.3) is 0 Å². The highest BCUT2D eigenvalue weighted by Crippen LogP contribution is 2.32. The maximum Gasteiger partial charge on any atom is 0.243 e. The van der Waals surface area contributed by atoms with E-state index in [-0.39, 0.29) is 37.8 Å². The van der Waals surface area contributed by atoms with Gasteiger partial charge in [0, 0.05) is 31.5 Å². The Morgan fingerprint density at radius 1 is 0.837 bits per heavy atom. The van der Waals surface area contributed by atoms with Crippen LogP contribution >= 0.6 is 0 Å². The van der Waals surface area contributed by atoms with Gasteiger partial charge in [-0.05, 0) is 66.3 Å². The van der Waals surface area contributed by atoms with Gasteiger partial charge in [-0.3, -0.25) is 19.2 Å². The van der Waals surface area contributed by atoms with E-state index in [0.717, 1.165) is 29.5 Å². The maximum absolute atomic E-state index is 14.3. The summed E-state index contributed by atoms with van der Waals surface area (Å²) in [5, 5.41) is 8.33. The van der Waals surface area contributed by atoms with Crippen molar-refractivity contribution < 1.29 is 28.3 Å². The van der Waals surface area contributed by atoms with E-state index < -0.39 is 35.6 Å². The molecule has 3 aliphatic rings. The standard InChI is InChI=1S/C39H39FN4O5/c40-32-13-5-4-11-29(32)25-41-38(47)33-23-27-15-18-30(19-16-27)49-31-12-6-8-26(22-31)17-20-36(45)42-34(39(48)43-33)24-37(46)44-21-7-14-35(44)28-9-2-1-3-10-28/h1-6,8-13,15-16,18-19,22,33-35H,7,14,17,20-21,23-25H2,(H,41,47)(H,42,45)(H,43,48)/t33-,34-,35+/m0/s1. The predicted octanol–water partition coefficient (Wildman–Crippen LogP) is 5.15. The summed E-state index contributed by atoms with van der Waals surface area (Å²) in [4.78, 5) is 56.5. The van der Waals surface area contributed by atoms with Gasteiger partial charge in [0.05, 0.1) is 12.5 Å². The molecule has 0 aromatic heterocycles. The summed E-state index contributed by atoms with van der Waals surface area (Å²) in [7, 11) is 0. The van der Waals surface area contributed by atoms with Crippen LogP contribution in [-0.4, -0.2) is 47.2 Å². The van der Waals surface area contributed by atoms with Gasteiger partial charge < -0.3 is 25.6 Å². The molecule has 10 heteroatoms. The Hall–Kier alpha value is -5.51. The van der Waals surface area contributed by atoms with Crippen molar-refractivity contribution in [1.82, 2.24) is 20.9 Å². The fourth-order valence-electron chi connectivity index (χ4n) is 6.37. The Kier molecular flexibility index (Phi) is 10.6. The maximum atomic E-state index is 14.3. The average Bonchev–Trinajstić information content (AvgIpc) is 3.61. The highest BCUT2D eigenvalue weighted by Gasteiger charge is 2.34. The van der Waals surface area contributed by atoms with Crippen molar-refractivity contribution in [2.24, 2.45) is 0 Å². The monoisotopic (exact) mass is 662 g/mol. The predicted molar refractivity (Wildman–Crippen MR) is 182 cm³/mol. The van der Waals surface area contributed by atoms with Gasteiger partial charge in [-0.2, -0.15) is 0 Å². The molecule has 252 valence electrons. The number of rotatable bonds is 6. The molecule has 3 aliphatic heterocycles. The molecule has 1 fully saturated rings. The van der Waals surface area contributed by atoms with Crippen LogP contribution in [0.25, 0.3) is 0 Å². The van der Waals surface area contributed by atoms with Gasteiger partial charge in [0.2, 0.25) is 23.6 Å². The third-order valence-corrected chi connectivity index (χ3v) is 8.97. The Labute approximate surface area is 284 Å². The molecule has 3 heterocycles. The second-order valence-corrected chi connectivity index (χ2v) is 12.4. The lowest BCUT2D eigenvalue weighted by Crippen LogP contribution is -2.55. The number of carbonyl (C=O) groups excluding carboxylic acids is 4. The van der Waals surface area contributed by atoms with Crippen molar-refractivity contribution in [2.45, 2.75) is 63.2 Å². The van der Waals surface area contributed by atoms with Crippen LogP contribution in [0.15, 0.2) is 103 Å². The number of hydrogen-bond donors (Lipinski definition) is 3. The number of aryl methyl sites for hydroxylation is 1. The lowest BCUT2D eigenvalue weighted by atomic mass is 10.0. The van der Waals surface area contributed by atoms with Crippen LogP contribution in [0.4, 0.5) is 4.39 Å². The molecular formula is C39H39FN4O5. The molecule has 0 spiro atoms. The van der Waals surface area contributed by atoms with E-state index in [9.17, 15) is 23.6 Å². The quantitative estimate of drug-likeness (QED) is 0.264. The summed E-state index contributed by atoms with van der Waals surface area (Å²) >= 11 is 0. The number of fused-ring (bicyclic) bond motifs is 10. The van der Waals surface area contributed by atoms with E-state index in [1.165, 1.54) is 6.07 Å². The zero-order valence-electron chi connectivity index (χ0n) is 27.1. The zero-order valence-corrected chi connectivity index (χ0v) is 27.1. The van der Waals surface area contributed by atoms with Gasteiger partial charge in [0.15, 0.2) is 0 Å². The highest BCUT2D eigenvalue weighted by molar-refractivity contribution is 5.95. The second-order valence-electron chi connectivity index (χ2n) is 12.4. The number of carbonyl (C=O) groups is 4. The molecule has 4 bridgehead atoms. The van der Waals surface area contributed by atoms with Gasteiger partial charge in [-0.25, -0.2) is 4.39 Å². The largest absolute Gasteiger partial charge is 0.457 e. The van der Waals surface area contributed by atoms with Gasteiger partial charge in [-0.1, -0.05) is 72.8 Å². The minimum atomic E-state index is -1.23. The molecule has 7 rings (SSSR count). The molecule has 3 atom stereocenters. The van der Waals surface area contributed by atoms with E-state index in [0.29, 0.717) is 30.0 Å². The van der Waals surface area contributed by atoms with E-state index in [2.05, 4.69) is 16.0 Å². The van der Waals surface area contributed by atoms with Crippen molar-refractivity contribution in [1.29, 1.82) is 0 Å². The number of benzene rings is 4. The van der Waals surface area contributed by atoms with Gasteiger partial charge >= 0.3 is 0 Å².